The number of likely N-dealkylation sites (tertiary alicyclic amines) is 1. The molecule has 1 aliphatic heterocycles. The molecule has 1 heterocycles. The number of rotatable bonds is 6. The van der Waals surface area contributed by atoms with E-state index in [1.807, 2.05) is 0 Å². The summed E-state index contributed by atoms with van der Waals surface area (Å²) < 4.78 is 0. The van der Waals surface area contributed by atoms with Gasteiger partial charge in [0.1, 0.15) is 0 Å². The summed E-state index contributed by atoms with van der Waals surface area (Å²) in [7, 11) is 0. The molecule has 1 rings (SSSR count). The van der Waals surface area contributed by atoms with Crippen LogP contribution in [-0.4, -0.2) is 35.6 Å². The minimum Gasteiger partial charge on any atom is -0.481 e. The first kappa shape index (κ1) is 14.5. The Morgan fingerprint density at radius 2 is 2.00 bits per heavy atom. The molecule has 0 aromatic rings. The molecular formula is C14H27NO2. The average molecular weight is 241 g/mol. The van der Waals surface area contributed by atoms with Crippen molar-refractivity contribution in [2.24, 2.45) is 17.3 Å². The lowest BCUT2D eigenvalue weighted by atomic mass is 9.83. The maximum Gasteiger partial charge on any atom is 0.307 e. The van der Waals surface area contributed by atoms with E-state index < -0.39 is 5.97 Å². The average Bonchev–Trinajstić information content (AvgIpc) is 2.10. The second-order valence-corrected chi connectivity index (χ2v) is 6.67. The van der Waals surface area contributed by atoms with Gasteiger partial charge in [-0.2, -0.15) is 0 Å². The molecule has 0 radical (unpaired) electrons. The molecule has 0 bridgehead atoms. The highest BCUT2D eigenvalue weighted by Crippen LogP contribution is 2.28. The molecule has 0 saturated carbocycles. The number of nitrogens with zero attached hydrogens (tertiary/aromatic N) is 1. The van der Waals surface area contributed by atoms with Crippen LogP contribution < -0.4 is 0 Å². The second kappa shape index (κ2) is 5.85. The Kier molecular flexibility index (Phi) is 4.99. The first-order valence-corrected chi connectivity index (χ1v) is 6.77. The minimum atomic E-state index is -0.640. The zero-order chi connectivity index (χ0) is 13.1. The number of carbonyl (C=O) groups is 1. The third-order valence-electron chi connectivity index (χ3n) is 3.42. The van der Waals surface area contributed by atoms with Gasteiger partial charge < -0.3 is 10.0 Å². The van der Waals surface area contributed by atoms with Crippen LogP contribution in [0.5, 0.6) is 0 Å². The Balaban J connectivity index is 2.34. The van der Waals surface area contributed by atoms with Gasteiger partial charge in [0.25, 0.3) is 0 Å². The normalized spacial score (nSPS) is 20.0. The molecule has 3 heteroatoms. The van der Waals surface area contributed by atoms with Gasteiger partial charge in [-0.1, -0.05) is 34.1 Å². The van der Waals surface area contributed by atoms with Gasteiger partial charge >= 0.3 is 5.97 Å². The van der Waals surface area contributed by atoms with Gasteiger partial charge in [-0.15, -0.1) is 0 Å². The zero-order valence-corrected chi connectivity index (χ0v) is 11.7. The van der Waals surface area contributed by atoms with Crippen molar-refractivity contribution in [3.63, 3.8) is 0 Å². The largest absolute Gasteiger partial charge is 0.481 e. The van der Waals surface area contributed by atoms with Crippen molar-refractivity contribution < 1.29 is 9.90 Å². The molecule has 1 fully saturated rings. The predicted molar refractivity (Wildman–Crippen MR) is 70.0 cm³/mol. The van der Waals surface area contributed by atoms with E-state index in [1.165, 1.54) is 12.8 Å². The first-order chi connectivity index (χ1) is 7.81. The van der Waals surface area contributed by atoms with Crippen molar-refractivity contribution in [3.05, 3.63) is 0 Å². The molecule has 0 amide bonds. The summed E-state index contributed by atoms with van der Waals surface area (Å²) in [5, 5.41) is 9.25. The van der Waals surface area contributed by atoms with E-state index in [-0.39, 0.29) is 11.3 Å². The number of aliphatic carboxylic acids is 1. The van der Waals surface area contributed by atoms with Crippen molar-refractivity contribution >= 4 is 5.97 Å². The van der Waals surface area contributed by atoms with E-state index in [9.17, 15) is 9.90 Å². The summed E-state index contributed by atoms with van der Waals surface area (Å²) in [5.74, 6) is -0.0412. The minimum absolute atomic E-state index is 0.0940. The van der Waals surface area contributed by atoms with Crippen molar-refractivity contribution in [2.75, 3.05) is 19.6 Å². The zero-order valence-electron chi connectivity index (χ0n) is 11.7. The summed E-state index contributed by atoms with van der Waals surface area (Å²) in [4.78, 5) is 13.5. The van der Waals surface area contributed by atoms with Crippen molar-refractivity contribution in [1.29, 1.82) is 0 Å². The molecule has 1 N–H and O–H groups in total. The molecule has 0 aromatic carbocycles. The van der Waals surface area contributed by atoms with Crippen LogP contribution in [0.15, 0.2) is 0 Å². The van der Waals surface area contributed by atoms with Crippen molar-refractivity contribution in [1.82, 2.24) is 4.90 Å². The monoisotopic (exact) mass is 241 g/mol. The van der Waals surface area contributed by atoms with Crippen LogP contribution in [0.1, 0.15) is 47.0 Å². The van der Waals surface area contributed by atoms with E-state index in [0.717, 1.165) is 32.0 Å². The van der Waals surface area contributed by atoms with Crippen molar-refractivity contribution in [3.8, 4) is 0 Å². The summed E-state index contributed by atoms with van der Waals surface area (Å²) in [6, 6.07) is 0. The van der Waals surface area contributed by atoms with E-state index in [0.29, 0.717) is 0 Å². The Bertz CT molecular complexity index is 251. The molecule has 0 aromatic heterocycles. The number of carboxylic acid groups (broad SMARTS) is 1. The molecule has 100 valence electrons. The maximum atomic E-state index is 11.2. The predicted octanol–water partition coefficient (Wildman–Crippen LogP) is 2.86. The maximum absolute atomic E-state index is 11.2. The number of carboxylic acids is 1. The fourth-order valence-corrected chi connectivity index (χ4v) is 2.70. The van der Waals surface area contributed by atoms with Crippen LogP contribution in [0.2, 0.25) is 0 Å². The fraction of sp³-hybridized carbons (Fsp3) is 0.929. The molecule has 3 nitrogen and oxygen atoms in total. The Morgan fingerprint density at radius 1 is 1.41 bits per heavy atom. The van der Waals surface area contributed by atoms with Gasteiger partial charge in [-0.25, -0.2) is 0 Å². The molecular weight excluding hydrogens is 214 g/mol. The quantitative estimate of drug-likeness (QED) is 0.777. The Morgan fingerprint density at radius 3 is 2.41 bits per heavy atom. The lowest BCUT2D eigenvalue weighted by Gasteiger charge is -2.41. The fourth-order valence-electron chi connectivity index (χ4n) is 2.70. The Hall–Kier alpha value is -0.570. The van der Waals surface area contributed by atoms with E-state index in [4.69, 9.17) is 0 Å². The van der Waals surface area contributed by atoms with Crippen LogP contribution in [0.4, 0.5) is 0 Å². The van der Waals surface area contributed by atoms with E-state index in [1.54, 1.807) is 0 Å². The van der Waals surface area contributed by atoms with Crippen molar-refractivity contribution in [2.45, 2.75) is 47.0 Å². The van der Waals surface area contributed by atoms with Gasteiger partial charge in [0.2, 0.25) is 0 Å². The third-order valence-corrected chi connectivity index (χ3v) is 3.42. The highest BCUT2D eigenvalue weighted by atomic mass is 16.4. The summed E-state index contributed by atoms with van der Waals surface area (Å²) in [6.07, 6.45) is 3.29. The smallest absolute Gasteiger partial charge is 0.307 e. The van der Waals surface area contributed by atoms with Crippen LogP contribution >= 0.6 is 0 Å². The SMILES string of the molecule is CCCC1CN(CC(CC(C)(C)C)C(=O)O)C1. The molecule has 1 aliphatic rings. The summed E-state index contributed by atoms with van der Waals surface area (Å²) >= 11 is 0. The lowest BCUT2D eigenvalue weighted by molar-refractivity contribution is -0.144. The van der Waals surface area contributed by atoms with Crippen LogP contribution in [0, 0.1) is 17.3 Å². The Labute approximate surface area is 105 Å². The topological polar surface area (TPSA) is 40.5 Å². The highest BCUT2D eigenvalue weighted by Gasteiger charge is 2.32. The van der Waals surface area contributed by atoms with Gasteiger partial charge in [0.15, 0.2) is 0 Å². The van der Waals surface area contributed by atoms with Crippen LogP contribution in [-0.2, 0) is 4.79 Å². The molecule has 0 spiro atoms. The summed E-state index contributed by atoms with van der Waals surface area (Å²) in [5.41, 5.74) is 0.0940. The second-order valence-electron chi connectivity index (χ2n) is 6.67. The molecule has 17 heavy (non-hydrogen) atoms. The first-order valence-electron chi connectivity index (χ1n) is 6.77. The van der Waals surface area contributed by atoms with Gasteiger partial charge in [0, 0.05) is 19.6 Å². The standard InChI is InChI=1S/C14H27NO2/c1-5-6-11-8-15(9-11)10-12(13(16)17)7-14(2,3)4/h11-12H,5-10H2,1-4H3,(H,16,17). The van der Waals surface area contributed by atoms with Crippen LogP contribution in [0.3, 0.4) is 0 Å². The third kappa shape index (κ3) is 5.07. The van der Waals surface area contributed by atoms with Gasteiger partial charge in [-0.3, -0.25) is 4.79 Å². The number of hydrogen-bond donors (Lipinski definition) is 1. The van der Waals surface area contributed by atoms with Gasteiger partial charge in [-0.05, 0) is 24.2 Å². The molecule has 1 atom stereocenters. The number of hydrogen-bond acceptors (Lipinski definition) is 2. The molecule has 1 unspecified atom stereocenters. The molecule has 1 saturated heterocycles. The van der Waals surface area contributed by atoms with E-state index >= 15 is 0 Å². The van der Waals surface area contributed by atoms with E-state index in [2.05, 4.69) is 32.6 Å². The van der Waals surface area contributed by atoms with Gasteiger partial charge in [0.05, 0.1) is 5.92 Å². The lowest BCUT2D eigenvalue weighted by Crippen LogP contribution is -2.49. The van der Waals surface area contributed by atoms with Crippen LogP contribution in [0.25, 0.3) is 0 Å². The molecule has 0 aliphatic carbocycles. The highest BCUT2D eigenvalue weighted by molar-refractivity contribution is 5.70. The summed E-state index contributed by atoms with van der Waals surface area (Å²) in [6.45, 7) is 11.5.